The van der Waals surface area contributed by atoms with Gasteiger partial charge in [0, 0.05) is 29.3 Å². The number of phenolic OH excluding ortho intramolecular Hbond substituents is 2. The number of nitrogens with one attached hydrogen (secondary N) is 1. The van der Waals surface area contributed by atoms with Crippen LogP contribution in [0.2, 0.25) is 0 Å². The number of rotatable bonds is 5. The Balaban J connectivity index is 2.31. The van der Waals surface area contributed by atoms with Gasteiger partial charge in [0.2, 0.25) is 5.91 Å². The van der Waals surface area contributed by atoms with Gasteiger partial charge in [-0.3, -0.25) is 9.59 Å². The quantitative estimate of drug-likeness (QED) is 0.585. The Kier molecular flexibility index (Phi) is 4.81. The van der Waals surface area contributed by atoms with Crippen molar-refractivity contribution in [3.63, 3.8) is 0 Å². The molecule has 0 saturated carbocycles. The van der Waals surface area contributed by atoms with Gasteiger partial charge in [-0.05, 0) is 13.0 Å². The molecule has 118 valence electrons. The maximum absolute atomic E-state index is 12.4. The van der Waals surface area contributed by atoms with Gasteiger partial charge >= 0.3 is 0 Å². The van der Waals surface area contributed by atoms with E-state index < -0.39 is 0 Å². The molecule has 0 unspecified atom stereocenters. The van der Waals surface area contributed by atoms with Crippen LogP contribution in [0.25, 0.3) is 0 Å². The van der Waals surface area contributed by atoms with Crippen LogP contribution in [0.1, 0.15) is 28.4 Å². The summed E-state index contributed by atoms with van der Waals surface area (Å²) in [6, 6.07) is 11.0. The highest BCUT2D eigenvalue weighted by Gasteiger charge is 2.17. The molecule has 5 nitrogen and oxygen atoms in total. The minimum absolute atomic E-state index is 0.0207. The molecular weight excluding hydrogens is 294 g/mol. The fraction of sp³-hybridized carbons (Fsp3) is 0.111. The first-order valence-electron chi connectivity index (χ1n) is 6.98. The average Bonchev–Trinajstić information content (AvgIpc) is 2.54. The monoisotopic (exact) mass is 311 g/mol. The highest BCUT2D eigenvalue weighted by atomic mass is 16.3. The second-order valence-electron chi connectivity index (χ2n) is 5.16. The largest absolute Gasteiger partial charge is 0.507 e. The molecule has 5 heteroatoms. The summed E-state index contributed by atoms with van der Waals surface area (Å²) >= 11 is 0. The number of hydrogen-bond acceptors (Lipinski definition) is 4. The van der Waals surface area contributed by atoms with Crippen molar-refractivity contribution in [3.05, 3.63) is 71.3 Å². The summed E-state index contributed by atoms with van der Waals surface area (Å²) in [5.41, 5.74) is 1.15. The second-order valence-corrected chi connectivity index (χ2v) is 5.16. The first-order chi connectivity index (χ1) is 10.9. The van der Waals surface area contributed by atoms with E-state index in [1.807, 2.05) is 0 Å². The molecule has 1 amide bonds. The lowest BCUT2D eigenvalue weighted by Gasteiger charge is -2.11. The summed E-state index contributed by atoms with van der Waals surface area (Å²) in [5.74, 6) is -1.23. The third kappa shape index (κ3) is 3.77. The van der Waals surface area contributed by atoms with Crippen molar-refractivity contribution in [2.75, 3.05) is 0 Å². The molecule has 2 rings (SSSR count). The molecule has 0 aromatic heterocycles. The van der Waals surface area contributed by atoms with Crippen molar-refractivity contribution >= 4 is 11.7 Å². The Morgan fingerprint density at radius 3 is 2.35 bits per heavy atom. The summed E-state index contributed by atoms with van der Waals surface area (Å²) in [6.45, 7) is 5.11. The lowest BCUT2D eigenvalue weighted by Crippen LogP contribution is -2.23. The van der Waals surface area contributed by atoms with Crippen molar-refractivity contribution in [1.29, 1.82) is 0 Å². The van der Waals surface area contributed by atoms with Crippen LogP contribution in [-0.4, -0.2) is 21.9 Å². The number of carbonyl (C=O) groups is 2. The highest BCUT2D eigenvalue weighted by Crippen LogP contribution is 2.29. The van der Waals surface area contributed by atoms with E-state index in [4.69, 9.17) is 0 Å². The van der Waals surface area contributed by atoms with E-state index in [9.17, 15) is 19.8 Å². The number of benzene rings is 2. The van der Waals surface area contributed by atoms with Gasteiger partial charge in [0.05, 0.1) is 5.56 Å². The standard InChI is InChI=1S/C18H17NO4/c1-11(2)18(23)19-10-13-8-14(16(21)9-15(13)20)17(22)12-6-4-3-5-7-12/h3-9,20-21H,1,10H2,2H3,(H,19,23). The Labute approximate surface area is 133 Å². The van der Waals surface area contributed by atoms with Gasteiger partial charge < -0.3 is 15.5 Å². The Bertz CT molecular complexity index is 766. The highest BCUT2D eigenvalue weighted by molar-refractivity contribution is 6.10. The zero-order valence-corrected chi connectivity index (χ0v) is 12.7. The summed E-state index contributed by atoms with van der Waals surface area (Å²) in [5, 5.41) is 22.4. The first kappa shape index (κ1) is 16.3. The molecule has 0 saturated heterocycles. The molecule has 0 fully saturated rings. The van der Waals surface area contributed by atoms with E-state index in [2.05, 4.69) is 11.9 Å². The topological polar surface area (TPSA) is 86.6 Å². The number of ketones is 1. The lowest BCUT2D eigenvalue weighted by atomic mass is 9.99. The molecule has 2 aromatic carbocycles. The molecule has 0 radical (unpaired) electrons. The third-order valence-corrected chi connectivity index (χ3v) is 3.30. The fourth-order valence-corrected chi connectivity index (χ4v) is 2.02. The molecule has 0 spiro atoms. The first-order valence-corrected chi connectivity index (χ1v) is 6.98. The molecule has 0 aliphatic heterocycles. The SMILES string of the molecule is C=C(C)C(=O)NCc1cc(C(=O)c2ccccc2)c(O)cc1O. The third-order valence-electron chi connectivity index (χ3n) is 3.30. The predicted molar refractivity (Wildman–Crippen MR) is 86.3 cm³/mol. The minimum atomic E-state index is -0.365. The summed E-state index contributed by atoms with van der Waals surface area (Å²) in [4.78, 5) is 24.0. The lowest BCUT2D eigenvalue weighted by molar-refractivity contribution is -0.117. The van der Waals surface area contributed by atoms with Gasteiger partial charge in [-0.2, -0.15) is 0 Å². The maximum Gasteiger partial charge on any atom is 0.246 e. The molecule has 0 bridgehead atoms. The molecule has 2 aromatic rings. The normalized spacial score (nSPS) is 10.1. The van der Waals surface area contributed by atoms with Crippen LogP contribution in [-0.2, 0) is 11.3 Å². The molecular formula is C18H17NO4. The van der Waals surface area contributed by atoms with Crippen molar-refractivity contribution in [2.24, 2.45) is 0 Å². The summed E-state index contributed by atoms with van der Waals surface area (Å²) in [6.07, 6.45) is 0. The summed E-state index contributed by atoms with van der Waals surface area (Å²) in [7, 11) is 0. The van der Waals surface area contributed by atoms with E-state index in [0.29, 0.717) is 16.7 Å². The number of carbonyl (C=O) groups excluding carboxylic acids is 2. The fourth-order valence-electron chi connectivity index (χ4n) is 2.02. The van der Waals surface area contributed by atoms with Crippen LogP contribution in [0.5, 0.6) is 11.5 Å². The summed E-state index contributed by atoms with van der Waals surface area (Å²) < 4.78 is 0. The number of phenols is 2. The van der Waals surface area contributed by atoms with Crippen LogP contribution in [0.3, 0.4) is 0 Å². The molecule has 0 heterocycles. The average molecular weight is 311 g/mol. The smallest absolute Gasteiger partial charge is 0.246 e. The van der Waals surface area contributed by atoms with Crippen LogP contribution in [0.15, 0.2) is 54.6 Å². The van der Waals surface area contributed by atoms with Crippen molar-refractivity contribution < 1.29 is 19.8 Å². The van der Waals surface area contributed by atoms with E-state index in [1.54, 1.807) is 37.3 Å². The van der Waals surface area contributed by atoms with E-state index >= 15 is 0 Å². The van der Waals surface area contributed by atoms with Gasteiger partial charge in [0.1, 0.15) is 11.5 Å². The van der Waals surface area contributed by atoms with Gasteiger partial charge in [0.25, 0.3) is 0 Å². The minimum Gasteiger partial charge on any atom is -0.507 e. The molecule has 0 aliphatic carbocycles. The van der Waals surface area contributed by atoms with Crippen LogP contribution < -0.4 is 5.32 Å². The number of hydrogen-bond donors (Lipinski definition) is 3. The zero-order valence-electron chi connectivity index (χ0n) is 12.7. The van der Waals surface area contributed by atoms with Gasteiger partial charge in [-0.25, -0.2) is 0 Å². The van der Waals surface area contributed by atoms with Crippen molar-refractivity contribution in [1.82, 2.24) is 5.32 Å². The Morgan fingerprint density at radius 2 is 1.74 bits per heavy atom. The second kappa shape index (κ2) is 6.79. The van der Waals surface area contributed by atoms with Crippen molar-refractivity contribution in [2.45, 2.75) is 13.5 Å². The van der Waals surface area contributed by atoms with E-state index in [0.717, 1.165) is 6.07 Å². The van der Waals surface area contributed by atoms with Crippen LogP contribution in [0.4, 0.5) is 0 Å². The molecule has 0 aliphatic rings. The molecule has 3 N–H and O–H groups in total. The van der Waals surface area contributed by atoms with Gasteiger partial charge in [-0.15, -0.1) is 0 Å². The number of amides is 1. The predicted octanol–water partition coefficient (Wildman–Crippen LogP) is 2.52. The van der Waals surface area contributed by atoms with Gasteiger partial charge in [0.15, 0.2) is 5.78 Å². The van der Waals surface area contributed by atoms with Gasteiger partial charge in [-0.1, -0.05) is 36.9 Å². The molecule has 23 heavy (non-hydrogen) atoms. The van der Waals surface area contributed by atoms with E-state index in [-0.39, 0.29) is 35.3 Å². The molecule has 0 atom stereocenters. The number of aromatic hydroxyl groups is 2. The van der Waals surface area contributed by atoms with Crippen molar-refractivity contribution in [3.8, 4) is 11.5 Å². The Morgan fingerprint density at radius 1 is 1.09 bits per heavy atom. The van der Waals surface area contributed by atoms with Crippen LogP contribution in [0, 0.1) is 0 Å². The maximum atomic E-state index is 12.4. The Hall–Kier alpha value is -3.08. The van der Waals surface area contributed by atoms with E-state index in [1.165, 1.54) is 6.07 Å². The van der Waals surface area contributed by atoms with Crippen LogP contribution >= 0.6 is 0 Å². The zero-order chi connectivity index (χ0) is 17.0.